The minimum absolute atomic E-state index is 0.290. The molecule has 1 aliphatic carbocycles. The molecule has 3 aromatic rings. The maximum absolute atomic E-state index is 12.0. The fraction of sp³-hybridized carbons (Fsp3) is 0.368. The van der Waals surface area contributed by atoms with Crippen molar-refractivity contribution in [3.05, 3.63) is 30.6 Å². The summed E-state index contributed by atoms with van der Waals surface area (Å²) < 4.78 is 18.0. The van der Waals surface area contributed by atoms with Crippen molar-refractivity contribution < 1.29 is 13.7 Å². The van der Waals surface area contributed by atoms with E-state index >= 15 is 0 Å². The van der Waals surface area contributed by atoms with Crippen molar-refractivity contribution in [3.63, 3.8) is 0 Å². The molecule has 0 aliphatic heterocycles. The van der Waals surface area contributed by atoms with Gasteiger partial charge in [-0.3, -0.25) is 14.1 Å². The lowest BCUT2D eigenvalue weighted by molar-refractivity contribution is 0.205. The van der Waals surface area contributed by atoms with Gasteiger partial charge in [0.1, 0.15) is 5.52 Å². The van der Waals surface area contributed by atoms with Gasteiger partial charge in [0.2, 0.25) is 11.8 Å². The van der Waals surface area contributed by atoms with Gasteiger partial charge in [-0.2, -0.15) is 9.97 Å². The van der Waals surface area contributed by atoms with Crippen LogP contribution >= 0.6 is 0 Å². The van der Waals surface area contributed by atoms with Crippen molar-refractivity contribution in [2.75, 3.05) is 11.9 Å². The number of aromatic nitrogens is 4. The first-order valence-corrected chi connectivity index (χ1v) is 11.5. The maximum Gasteiger partial charge on any atom is 0.245 e. The highest BCUT2D eigenvalue weighted by molar-refractivity contribution is 8.13. The number of ether oxygens (including phenoxy) is 1. The van der Waals surface area contributed by atoms with E-state index in [4.69, 9.17) is 9.88 Å². The summed E-state index contributed by atoms with van der Waals surface area (Å²) in [4.78, 5) is 27.3. The van der Waals surface area contributed by atoms with Gasteiger partial charge in [0.15, 0.2) is 11.3 Å². The highest BCUT2D eigenvalue weighted by atomic mass is 32.3. The summed E-state index contributed by atoms with van der Waals surface area (Å²) >= 11 is 0. The van der Waals surface area contributed by atoms with Gasteiger partial charge in [0.05, 0.1) is 12.9 Å². The van der Waals surface area contributed by atoms with Crippen molar-refractivity contribution in [1.29, 1.82) is 0 Å². The summed E-state index contributed by atoms with van der Waals surface area (Å²) in [7, 11) is -3.46. The van der Waals surface area contributed by atoms with Gasteiger partial charge >= 0.3 is 0 Å². The van der Waals surface area contributed by atoms with E-state index in [0.29, 0.717) is 51.7 Å². The second-order valence-electron chi connectivity index (χ2n) is 7.26. The van der Waals surface area contributed by atoms with Crippen LogP contribution in [0.5, 0.6) is 5.88 Å². The van der Waals surface area contributed by atoms with Crippen LogP contribution in [-0.2, 0) is 14.9 Å². The second kappa shape index (κ2) is 8.26. The van der Waals surface area contributed by atoms with Gasteiger partial charge < -0.3 is 15.0 Å². The molecular formula is C19H24N6O3S. The average molecular weight is 417 g/mol. The van der Waals surface area contributed by atoms with Gasteiger partial charge in [0, 0.05) is 20.7 Å². The average Bonchev–Trinajstić information content (AvgIpc) is 3.22. The molecule has 2 aromatic heterocycles. The van der Waals surface area contributed by atoms with Gasteiger partial charge in [-0.1, -0.05) is 19.3 Å². The van der Waals surface area contributed by atoms with Crippen LogP contribution in [-0.4, -0.2) is 36.4 Å². The van der Waals surface area contributed by atoms with Gasteiger partial charge in [-0.05, 0) is 43.0 Å². The van der Waals surface area contributed by atoms with E-state index in [1.165, 1.54) is 32.1 Å². The predicted octanol–water partition coefficient (Wildman–Crippen LogP) is 2.50. The lowest BCUT2D eigenvalue weighted by atomic mass is 9.90. The number of nitrogens with zero attached hydrogens (tertiary/aromatic N) is 3. The zero-order valence-electron chi connectivity index (χ0n) is 15.9. The Labute approximate surface area is 169 Å². The molecule has 4 rings (SSSR count). The fourth-order valence-corrected chi connectivity index (χ4v) is 4.22. The van der Waals surface area contributed by atoms with E-state index in [0.717, 1.165) is 0 Å². The topological polar surface area (TPSA) is 136 Å². The van der Waals surface area contributed by atoms with Crippen molar-refractivity contribution in [3.8, 4) is 5.88 Å². The first-order chi connectivity index (χ1) is 14.0. The molecule has 4 N–H and O–H groups in total. The number of aromatic amines is 1. The molecule has 1 aliphatic rings. The number of benzene rings is 1. The van der Waals surface area contributed by atoms with Crippen LogP contribution in [0.1, 0.15) is 32.1 Å². The van der Waals surface area contributed by atoms with Crippen molar-refractivity contribution in [1.82, 2.24) is 19.9 Å². The summed E-state index contributed by atoms with van der Waals surface area (Å²) in [5.74, 6) is 1.34. The third-order valence-corrected chi connectivity index (χ3v) is 6.53. The first-order valence-electron chi connectivity index (χ1n) is 9.61. The van der Waals surface area contributed by atoms with Crippen LogP contribution in [0.25, 0.3) is 11.2 Å². The van der Waals surface area contributed by atoms with E-state index in [-0.39, 0.29) is 0 Å². The summed E-state index contributed by atoms with van der Waals surface area (Å²) in [6.45, 7) is 0.622. The number of anilines is 2. The van der Waals surface area contributed by atoms with Gasteiger partial charge in [-0.25, -0.2) is 4.98 Å². The van der Waals surface area contributed by atoms with Crippen molar-refractivity contribution in [2.45, 2.75) is 37.0 Å². The summed E-state index contributed by atoms with van der Waals surface area (Å²) in [6, 6.07) is 6.42. The van der Waals surface area contributed by atoms with E-state index in [2.05, 4.69) is 25.3 Å². The van der Waals surface area contributed by atoms with Gasteiger partial charge in [0.25, 0.3) is 0 Å². The molecule has 29 heavy (non-hydrogen) atoms. The Morgan fingerprint density at radius 1 is 1.21 bits per heavy atom. The number of carbonyl (C=O) groups excluding carboxylic acids is 1. The Morgan fingerprint density at radius 3 is 2.69 bits per heavy atom. The predicted molar refractivity (Wildman–Crippen MR) is 112 cm³/mol. The SMILES string of the molecule is N[SH](=O)(C=O)c1ccc(Nc2nc(OCC3CCCCC3)c3[nH]cnc3n2)cc1. The smallest absolute Gasteiger partial charge is 0.245 e. The molecule has 2 heterocycles. The van der Waals surface area contributed by atoms with E-state index in [1.54, 1.807) is 30.6 Å². The number of nitrogens with one attached hydrogen (secondary N) is 2. The molecule has 0 saturated heterocycles. The monoisotopic (exact) mass is 416 g/mol. The Hall–Kier alpha value is -2.85. The molecule has 0 unspecified atom stereocenters. The standard InChI is InChI=1S/C19H24N6O3S/c20-29(27,12-26)15-8-6-14(7-9-15)23-19-24-17-16(21-11-22-17)18(25-19)28-10-13-4-2-1-3-5-13/h6-9,11-13,29H,1-5,10H2,(H2,20,27)(H2,21,22,23,24,25). The number of imidazole rings is 1. The summed E-state index contributed by atoms with van der Waals surface area (Å²) in [5, 5.41) is 8.61. The molecule has 0 amide bonds. The minimum atomic E-state index is -3.46. The molecule has 1 fully saturated rings. The fourth-order valence-electron chi connectivity index (χ4n) is 3.49. The molecule has 1 saturated carbocycles. The van der Waals surface area contributed by atoms with Crippen LogP contribution in [0, 0.1) is 5.92 Å². The number of thiol groups is 1. The molecule has 10 heteroatoms. The van der Waals surface area contributed by atoms with Crippen LogP contribution in [0.4, 0.5) is 11.6 Å². The van der Waals surface area contributed by atoms with Crippen LogP contribution in [0.2, 0.25) is 0 Å². The molecule has 0 bridgehead atoms. The van der Waals surface area contributed by atoms with Crippen molar-refractivity contribution in [2.24, 2.45) is 11.1 Å². The normalized spacial score (nSPS) is 15.9. The molecule has 0 spiro atoms. The van der Waals surface area contributed by atoms with E-state index in [9.17, 15) is 9.00 Å². The largest absolute Gasteiger partial charge is 0.476 e. The zero-order valence-corrected chi connectivity index (χ0v) is 16.8. The number of nitrogens with two attached hydrogens (primary N) is 1. The molecule has 0 radical (unpaired) electrons. The van der Waals surface area contributed by atoms with Gasteiger partial charge in [-0.15, -0.1) is 0 Å². The third-order valence-electron chi connectivity index (χ3n) is 5.12. The molecule has 1 aromatic carbocycles. The Kier molecular flexibility index (Phi) is 5.54. The quantitative estimate of drug-likeness (QED) is 0.343. The van der Waals surface area contributed by atoms with Crippen LogP contribution in [0.3, 0.4) is 0 Å². The Balaban J connectivity index is 1.53. The number of fused-ring (bicyclic) bond motifs is 1. The van der Waals surface area contributed by atoms with Crippen LogP contribution in [0.15, 0.2) is 35.5 Å². The highest BCUT2D eigenvalue weighted by Gasteiger charge is 2.17. The number of H-pyrrole nitrogens is 1. The first kappa shape index (κ1) is 19.5. The maximum atomic E-state index is 12.0. The zero-order chi connectivity index (χ0) is 20.3. The van der Waals surface area contributed by atoms with E-state index < -0.39 is 10.1 Å². The summed E-state index contributed by atoms with van der Waals surface area (Å²) in [6.07, 6.45) is 7.72. The van der Waals surface area contributed by atoms with Crippen LogP contribution < -0.4 is 15.2 Å². The molecule has 9 nitrogen and oxygen atoms in total. The second-order valence-corrected chi connectivity index (χ2v) is 9.40. The van der Waals surface area contributed by atoms with Crippen molar-refractivity contribution >= 4 is 38.5 Å². The lowest BCUT2D eigenvalue weighted by Crippen LogP contribution is -2.24. The number of rotatable bonds is 7. The Bertz CT molecular complexity index is 1050. The molecule has 154 valence electrons. The highest BCUT2D eigenvalue weighted by Crippen LogP contribution is 2.27. The van der Waals surface area contributed by atoms with E-state index in [1.807, 2.05) is 0 Å². The number of carbonyl (C=O) groups is 1. The number of hydrogen-bond donors (Lipinski definition) is 4. The molecular weight excluding hydrogens is 392 g/mol. The third kappa shape index (κ3) is 4.43. The molecule has 0 atom stereocenters. The number of hydrogen-bond acceptors (Lipinski definition) is 7. The summed E-state index contributed by atoms with van der Waals surface area (Å²) in [5.41, 5.74) is 2.12. The minimum Gasteiger partial charge on any atom is -0.476 e. The lowest BCUT2D eigenvalue weighted by Gasteiger charge is -2.21. The Morgan fingerprint density at radius 2 is 1.97 bits per heavy atom.